The van der Waals surface area contributed by atoms with Crippen molar-refractivity contribution in [3.63, 3.8) is 0 Å². The molecule has 2 nitrogen and oxygen atoms in total. The molecule has 1 aromatic rings. The first-order valence-corrected chi connectivity index (χ1v) is 7.27. The van der Waals surface area contributed by atoms with Gasteiger partial charge in [-0.2, -0.15) is 0 Å². The normalized spacial score (nSPS) is 11.6. The van der Waals surface area contributed by atoms with E-state index in [1.807, 2.05) is 30.4 Å². The van der Waals surface area contributed by atoms with Crippen LogP contribution in [0.3, 0.4) is 0 Å². The second-order valence-corrected chi connectivity index (χ2v) is 4.49. The molecule has 0 bridgehead atoms. The highest BCUT2D eigenvalue weighted by Crippen LogP contribution is 2.08. The second-order valence-electron chi connectivity index (χ2n) is 4.49. The minimum Gasteiger partial charge on any atom is -0.454 e. The molecule has 0 aromatic heterocycles. The third-order valence-electron chi connectivity index (χ3n) is 2.73. The molecule has 0 saturated carbocycles. The molecule has 2 heteroatoms. The molecule has 0 spiro atoms. The molecule has 0 aliphatic rings. The number of esters is 1. The van der Waals surface area contributed by atoms with Gasteiger partial charge in [-0.15, -0.1) is 6.42 Å². The summed E-state index contributed by atoms with van der Waals surface area (Å²) in [7, 11) is 0. The van der Waals surface area contributed by atoms with Crippen LogP contribution in [0.5, 0.6) is 0 Å². The fourth-order valence-corrected chi connectivity index (χ4v) is 1.66. The Morgan fingerprint density at radius 2 is 2.09 bits per heavy atom. The molecule has 0 N–H and O–H groups in total. The zero-order chi connectivity index (χ0) is 16.0. The molecule has 0 amide bonds. The first kappa shape index (κ1) is 17.3. The van der Waals surface area contributed by atoms with E-state index in [9.17, 15) is 4.79 Å². The highest BCUT2D eigenvalue weighted by molar-refractivity contribution is 5.89. The van der Waals surface area contributed by atoms with E-state index in [4.69, 9.17) is 11.2 Å². The molecule has 0 aliphatic carbocycles. The van der Waals surface area contributed by atoms with E-state index in [1.165, 1.54) is 0 Å². The number of benzene rings is 1. The fraction of sp³-hybridized carbons (Fsp3) is 0.250. The van der Waals surface area contributed by atoms with Crippen LogP contribution in [0.25, 0.3) is 0 Å². The molecule has 0 unspecified atom stereocenters. The highest BCUT2D eigenvalue weighted by Gasteiger charge is 2.11. The summed E-state index contributed by atoms with van der Waals surface area (Å²) >= 11 is 0. The van der Waals surface area contributed by atoms with Gasteiger partial charge in [0.15, 0.2) is 0 Å². The molecule has 0 heterocycles. The van der Waals surface area contributed by atoms with Crippen molar-refractivity contribution in [2.75, 3.05) is 0 Å². The van der Waals surface area contributed by atoms with Gasteiger partial charge in [-0.1, -0.05) is 55.0 Å². The zero-order valence-electron chi connectivity index (χ0n) is 12.8. The van der Waals surface area contributed by atoms with E-state index in [0.29, 0.717) is 18.4 Å². The molecular weight excluding hydrogens is 272 g/mol. The van der Waals surface area contributed by atoms with Crippen LogP contribution in [-0.2, 0) is 4.74 Å². The van der Waals surface area contributed by atoms with E-state index >= 15 is 0 Å². The SMILES string of the molecule is C#CCC#C/C=C/[C@H](C/C=C\CC)OC(=O)c1ccccc1. The fourth-order valence-electron chi connectivity index (χ4n) is 1.66. The van der Waals surface area contributed by atoms with Crippen molar-refractivity contribution in [1.29, 1.82) is 0 Å². The zero-order valence-corrected chi connectivity index (χ0v) is 12.8. The number of rotatable bonds is 6. The summed E-state index contributed by atoms with van der Waals surface area (Å²) in [4.78, 5) is 12.1. The second kappa shape index (κ2) is 11.0. The third kappa shape index (κ3) is 7.17. The van der Waals surface area contributed by atoms with Crippen molar-refractivity contribution in [2.45, 2.75) is 32.3 Å². The van der Waals surface area contributed by atoms with Crippen LogP contribution in [0.2, 0.25) is 0 Å². The number of hydrogen-bond donors (Lipinski definition) is 0. The Morgan fingerprint density at radius 1 is 1.32 bits per heavy atom. The molecule has 1 atom stereocenters. The predicted octanol–water partition coefficient (Wildman–Crippen LogP) is 4.15. The van der Waals surface area contributed by atoms with Crippen LogP contribution >= 0.6 is 0 Å². The largest absolute Gasteiger partial charge is 0.454 e. The number of terminal acetylenes is 1. The molecule has 22 heavy (non-hydrogen) atoms. The van der Waals surface area contributed by atoms with Crippen LogP contribution in [0, 0.1) is 24.2 Å². The smallest absolute Gasteiger partial charge is 0.338 e. The van der Waals surface area contributed by atoms with Crippen molar-refractivity contribution in [3.05, 3.63) is 60.2 Å². The first-order chi connectivity index (χ1) is 10.8. The molecule has 1 aromatic carbocycles. The number of ether oxygens (including phenoxy) is 1. The maximum atomic E-state index is 12.1. The standard InChI is InChI=1S/C20H20O2/c1-3-5-7-8-13-17-19(16-10-6-4-2)22-20(21)18-14-11-9-12-15-18/h1,6,9-15,17,19H,4-5,16H2,2H3/b10-6-,17-13+/t19-/m0/s1. The first-order valence-electron chi connectivity index (χ1n) is 7.27. The van der Waals surface area contributed by atoms with Crippen LogP contribution in [0.4, 0.5) is 0 Å². The van der Waals surface area contributed by atoms with Gasteiger partial charge >= 0.3 is 5.97 Å². The average molecular weight is 292 g/mol. The average Bonchev–Trinajstić information content (AvgIpc) is 2.55. The Morgan fingerprint density at radius 3 is 2.77 bits per heavy atom. The maximum Gasteiger partial charge on any atom is 0.338 e. The summed E-state index contributed by atoms with van der Waals surface area (Å²) in [5.41, 5.74) is 0.541. The maximum absolute atomic E-state index is 12.1. The predicted molar refractivity (Wildman–Crippen MR) is 90.1 cm³/mol. The van der Waals surface area contributed by atoms with Crippen LogP contribution in [-0.4, -0.2) is 12.1 Å². The van der Waals surface area contributed by atoms with Crippen molar-refractivity contribution in [2.24, 2.45) is 0 Å². The molecular formula is C20H20O2. The Bertz CT molecular complexity index is 607. The monoisotopic (exact) mass is 292 g/mol. The van der Waals surface area contributed by atoms with Gasteiger partial charge in [-0.3, -0.25) is 0 Å². The lowest BCUT2D eigenvalue weighted by atomic mass is 10.2. The molecule has 0 aliphatic heterocycles. The number of carbonyl (C=O) groups is 1. The van der Waals surface area contributed by atoms with E-state index in [-0.39, 0.29) is 12.1 Å². The number of hydrogen-bond acceptors (Lipinski definition) is 2. The van der Waals surface area contributed by atoms with Crippen molar-refractivity contribution in [3.8, 4) is 24.2 Å². The Labute approximate surface area is 132 Å². The van der Waals surface area contributed by atoms with Crippen LogP contribution in [0.15, 0.2) is 54.6 Å². The Balaban J connectivity index is 2.69. The summed E-state index contributed by atoms with van der Waals surface area (Å²) in [5.74, 6) is 7.75. The van der Waals surface area contributed by atoms with Gasteiger partial charge in [-0.25, -0.2) is 4.79 Å². The number of allylic oxidation sites excluding steroid dienone is 2. The summed E-state index contributed by atoms with van der Waals surface area (Å²) in [6.45, 7) is 2.06. The van der Waals surface area contributed by atoms with E-state index in [1.54, 1.807) is 24.3 Å². The lowest BCUT2D eigenvalue weighted by Crippen LogP contribution is -2.15. The van der Waals surface area contributed by atoms with Crippen LogP contribution < -0.4 is 0 Å². The third-order valence-corrected chi connectivity index (χ3v) is 2.73. The lowest BCUT2D eigenvalue weighted by molar-refractivity contribution is 0.0400. The lowest BCUT2D eigenvalue weighted by Gasteiger charge is -2.12. The van der Waals surface area contributed by atoms with Gasteiger partial charge in [0.05, 0.1) is 12.0 Å². The summed E-state index contributed by atoms with van der Waals surface area (Å²) in [6, 6.07) is 8.95. The van der Waals surface area contributed by atoms with E-state index in [0.717, 1.165) is 6.42 Å². The van der Waals surface area contributed by atoms with Gasteiger partial charge in [-0.05, 0) is 30.7 Å². The van der Waals surface area contributed by atoms with Gasteiger partial charge in [0.2, 0.25) is 0 Å². The highest BCUT2D eigenvalue weighted by atomic mass is 16.5. The van der Waals surface area contributed by atoms with Crippen molar-refractivity contribution < 1.29 is 9.53 Å². The topological polar surface area (TPSA) is 26.3 Å². The minimum atomic E-state index is -0.337. The van der Waals surface area contributed by atoms with Gasteiger partial charge in [0.25, 0.3) is 0 Å². The summed E-state index contributed by atoms with van der Waals surface area (Å²) in [5, 5.41) is 0. The Hall–Kier alpha value is -2.71. The van der Waals surface area contributed by atoms with E-state index < -0.39 is 0 Å². The quantitative estimate of drug-likeness (QED) is 0.447. The number of carbonyl (C=O) groups excluding carboxylic acids is 1. The molecule has 0 saturated heterocycles. The summed E-state index contributed by atoms with van der Waals surface area (Å²) in [6.07, 6.45) is 14.3. The van der Waals surface area contributed by atoms with Gasteiger partial charge < -0.3 is 4.74 Å². The molecule has 112 valence electrons. The van der Waals surface area contributed by atoms with Crippen molar-refractivity contribution in [1.82, 2.24) is 0 Å². The van der Waals surface area contributed by atoms with Crippen molar-refractivity contribution >= 4 is 5.97 Å². The minimum absolute atomic E-state index is 0.336. The van der Waals surface area contributed by atoms with Gasteiger partial charge in [0.1, 0.15) is 6.10 Å². The van der Waals surface area contributed by atoms with E-state index in [2.05, 4.69) is 24.7 Å². The molecule has 0 fully saturated rings. The van der Waals surface area contributed by atoms with Crippen LogP contribution in [0.1, 0.15) is 36.5 Å². The summed E-state index contributed by atoms with van der Waals surface area (Å²) < 4.78 is 5.50. The Kier molecular flexibility index (Phi) is 8.67. The molecule has 1 rings (SSSR count). The molecule has 0 radical (unpaired) electrons. The van der Waals surface area contributed by atoms with Gasteiger partial charge in [0, 0.05) is 6.42 Å².